The van der Waals surface area contributed by atoms with Gasteiger partial charge >= 0.3 is 0 Å². The Morgan fingerprint density at radius 2 is 1.53 bits per heavy atom. The molecule has 5 heteroatoms. The van der Waals surface area contributed by atoms with E-state index in [-0.39, 0.29) is 12.4 Å². The summed E-state index contributed by atoms with van der Waals surface area (Å²) >= 11 is 0. The van der Waals surface area contributed by atoms with Crippen molar-refractivity contribution in [1.29, 1.82) is 0 Å². The number of ether oxygens (including phenoxy) is 4. The molecule has 0 radical (unpaired) electrons. The maximum atomic E-state index is 10.9. The SMILES string of the molecule is COc1ccc(OCC(C)=O)c(OC)c1OC. The molecule has 1 aromatic carbocycles. The minimum atomic E-state index is -0.0677. The zero-order valence-electron chi connectivity index (χ0n) is 10.4. The fourth-order valence-electron chi connectivity index (χ4n) is 1.37. The zero-order chi connectivity index (χ0) is 12.8. The quantitative estimate of drug-likeness (QED) is 0.757. The van der Waals surface area contributed by atoms with E-state index in [2.05, 4.69) is 0 Å². The van der Waals surface area contributed by atoms with Gasteiger partial charge in [-0.05, 0) is 19.1 Å². The minimum absolute atomic E-state index is 0.00809. The molecule has 17 heavy (non-hydrogen) atoms. The Morgan fingerprint density at radius 3 is 2.00 bits per heavy atom. The Kier molecular flexibility index (Phi) is 4.63. The number of methoxy groups -OCH3 is 3. The molecule has 0 amide bonds. The Hall–Kier alpha value is -1.91. The van der Waals surface area contributed by atoms with Crippen LogP contribution in [0.1, 0.15) is 6.92 Å². The third-order valence-corrected chi connectivity index (χ3v) is 2.10. The molecule has 94 valence electrons. The van der Waals surface area contributed by atoms with Crippen molar-refractivity contribution >= 4 is 5.78 Å². The third-order valence-electron chi connectivity index (χ3n) is 2.10. The van der Waals surface area contributed by atoms with Crippen LogP contribution in [0.15, 0.2) is 12.1 Å². The fraction of sp³-hybridized carbons (Fsp3) is 0.417. The second kappa shape index (κ2) is 5.98. The Morgan fingerprint density at radius 1 is 1.00 bits per heavy atom. The van der Waals surface area contributed by atoms with Gasteiger partial charge in [0.1, 0.15) is 6.61 Å². The molecule has 0 aliphatic heterocycles. The van der Waals surface area contributed by atoms with E-state index in [1.54, 1.807) is 12.1 Å². The predicted octanol–water partition coefficient (Wildman–Crippen LogP) is 1.68. The lowest BCUT2D eigenvalue weighted by atomic mass is 10.2. The van der Waals surface area contributed by atoms with Crippen LogP contribution in [0.5, 0.6) is 23.0 Å². The van der Waals surface area contributed by atoms with Crippen LogP contribution in [0, 0.1) is 0 Å². The van der Waals surface area contributed by atoms with Gasteiger partial charge < -0.3 is 18.9 Å². The normalized spacial score (nSPS) is 9.65. The van der Waals surface area contributed by atoms with Crippen LogP contribution in [0.25, 0.3) is 0 Å². The average Bonchev–Trinajstić information content (AvgIpc) is 2.34. The Bertz CT molecular complexity index is 400. The third kappa shape index (κ3) is 3.03. The summed E-state index contributed by atoms with van der Waals surface area (Å²) in [5.74, 6) is 1.77. The van der Waals surface area contributed by atoms with E-state index >= 15 is 0 Å². The molecule has 0 atom stereocenters. The molecule has 0 bridgehead atoms. The van der Waals surface area contributed by atoms with Crippen molar-refractivity contribution in [2.24, 2.45) is 0 Å². The molecular formula is C12H16O5. The maximum Gasteiger partial charge on any atom is 0.207 e. The van der Waals surface area contributed by atoms with Gasteiger partial charge in [-0.2, -0.15) is 0 Å². The maximum absolute atomic E-state index is 10.9. The number of ketones is 1. The molecule has 0 aliphatic rings. The van der Waals surface area contributed by atoms with Crippen molar-refractivity contribution in [2.45, 2.75) is 6.92 Å². The number of benzene rings is 1. The lowest BCUT2D eigenvalue weighted by Crippen LogP contribution is -2.08. The van der Waals surface area contributed by atoms with E-state index in [9.17, 15) is 4.79 Å². The topological polar surface area (TPSA) is 54.0 Å². The number of carbonyl (C=O) groups is 1. The summed E-state index contributed by atoms with van der Waals surface area (Å²) in [4.78, 5) is 10.9. The molecule has 0 saturated carbocycles. The summed E-state index contributed by atoms with van der Waals surface area (Å²) < 4.78 is 20.8. The molecule has 0 aliphatic carbocycles. The fourth-order valence-corrected chi connectivity index (χ4v) is 1.37. The molecule has 0 saturated heterocycles. The van der Waals surface area contributed by atoms with Gasteiger partial charge in [0.15, 0.2) is 17.3 Å². The highest BCUT2D eigenvalue weighted by molar-refractivity contribution is 5.77. The molecule has 0 spiro atoms. The summed E-state index contributed by atoms with van der Waals surface area (Å²) in [7, 11) is 4.54. The first-order chi connectivity index (χ1) is 8.13. The predicted molar refractivity (Wildman–Crippen MR) is 62.3 cm³/mol. The second-order valence-electron chi connectivity index (χ2n) is 3.32. The van der Waals surface area contributed by atoms with Crippen molar-refractivity contribution in [2.75, 3.05) is 27.9 Å². The molecule has 0 fully saturated rings. The average molecular weight is 240 g/mol. The number of hydrogen-bond donors (Lipinski definition) is 0. The van der Waals surface area contributed by atoms with Gasteiger partial charge in [0.25, 0.3) is 0 Å². The number of carbonyl (C=O) groups excluding carboxylic acids is 1. The summed E-state index contributed by atoms with van der Waals surface area (Å²) in [6, 6.07) is 3.36. The molecule has 0 unspecified atom stereocenters. The van der Waals surface area contributed by atoms with Crippen LogP contribution in [0.3, 0.4) is 0 Å². The van der Waals surface area contributed by atoms with E-state index in [1.165, 1.54) is 28.3 Å². The van der Waals surface area contributed by atoms with E-state index in [1.807, 2.05) is 0 Å². The van der Waals surface area contributed by atoms with E-state index in [0.29, 0.717) is 23.0 Å². The monoisotopic (exact) mass is 240 g/mol. The summed E-state index contributed by atoms with van der Waals surface area (Å²) in [6.07, 6.45) is 0. The smallest absolute Gasteiger partial charge is 0.207 e. The molecule has 0 aromatic heterocycles. The molecule has 0 N–H and O–H groups in total. The van der Waals surface area contributed by atoms with Gasteiger partial charge in [-0.15, -0.1) is 0 Å². The highest BCUT2D eigenvalue weighted by atomic mass is 16.5. The molecule has 1 aromatic rings. The van der Waals surface area contributed by atoms with Crippen LogP contribution < -0.4 is 18.9 Å². The van der Waals surface area contributed by atoms with Gasteiger partial charge in [0, 0.05) is 0 Å². The molecule has 0 heterocycles. The van der Waals surface area contributed by atoms with Crippen molar-refractivity contribution in [1.82, 2.24) is 0 Å². The van der Waals surface area contributed by atoms with Crippen LogP contribution in [0.4, 0.5) is 0 Å². The Balaban J connectivity index is 3.09. The molecule has 5 nitrogen and oxygen atoms in total. The van der Waals surface area contributed by atoms with E-state index in [0.717, 1.165) is 0 Å². The number of hydrogen-bond acceptors (Lipinski definition) is 5. The van der Waals surface area contributed by atoms with E-state index < -0.39 is 0 Å². The minimum Gasteiger partial charge on any atom is -0.493 e. The van der Waals surface area contributed by atoms with Gasteiger partial charge in [-0.3, -0.25) is 4.79 Å². The van der Waals surface area contributed by atoms with Gasteiger partial charge in [0.2, 0.25) is 11.5 Å². The summed E-state index contributed by atoms with van der Waals surface area (Å²) in [6.45, 7) is 1.44. The summed E-state index contributed by atoms with van der Waals surface area (Å²) in [5, 5.41) is 0. The lowest BCUT2D eigenvalue weighted by molar-refractivity contribution is -0.118. The molecule has 1 rings (SSSR count). The van der Waals surface area contributed by atoms with Crippen LogP contribution in [0.2, 0.25) is 0 Å². The van der Waals surface area contributed by atoms with Gasteiger partial charge in [-0.25, -0.2) is 0 Å². The highest BCUT2D eigenvalue weighted by Gasteiger charge is 2.17. The Labute approximate surface area is 100 Å². The summed E-state index contributed by atoms with van der Waals surface area (Å²) in [5.41, 5.74) is 0. The standard InChI is InChI=1S/C12H16O5/c1-8(13)7-17-10-6-5-9(14-2)11(15-3)12(10)16-4/h5-6H,7H2,1-4H3. The number of rotatable bonds is 6. The van der Waals surface area contributed by atoms with Crippen molar-refractivity contribution < 1.29 is 23.7 Å². The second-order valence-corrected chi connectivity index (χ2v) is 3.32. The van der Waals surface area contributed by atoms with Crippen molar-refractivity contribution in [3.63, 3.8) is 0 Å². The first-order valence-electron chi connectivity index (χ1n) is 5.05. The zero-order valence-corrected chi connectivity index (χ0v) is 10.4. The van der Waals surface area contributed by atoms with Crippen LogP contribution in [-0.4, -0.2) is 33.7 Å². The molecular weight excluding hydrogens is 224 g/mol. The first kappa shape index (κ1) is 13.2. The van der Waals surface area contributed by atoms with Crippen LogP contribution in [-0.2, 0) is 4.79 Å². The van der Waals surface area contributed by atoms with Crippen LogP contribution >= 0.6 is 0 Å². The van der Waals surface area contributed by atoms with Gasteiger partial charge in [-0.1, -0.05) is 0 Å². The lowest BCUT2D eigenvalue weighted by Gasteiger charge is -2.15. The first-order valence-corrected chi connectivity index (χ1v) is 5.05. The largest absolute Gasteiger partial charge is 0.493 e. The highest BCUT2D eigenvalue weighted by Crippen LogP contribution is 2.43. The van der Waals surface area contributed by atoms with Crippen molar-refractivity contribution in [3.05, 3.63) is 12.1 Å². The van der Waals surface area contributed by atoms with Gasteiger partial charge in [0.05, 0.1) is 21.3 Å². The van der Waals surface area contributed by atoms with Crippen molar-refractivity contribution in [3.8, 4) is 23.0 Å². The number of Topliss-reactive ketones (excluding diaryl/α,β-unsaturated/α-hetero) is 1. The van der Waals surface area contributed by atoms with E-state index in [4.69, 9.17) is 18.9 Å².